The Hall–Kier alpha value is -19.1. The van der Waals surface area contributed by atoms with Gasteiger partial charge in [-0.05, 0) is 192 Å². The van der Waals surface area contributed by atoms with E-state index >= 15 is 0 Å². The van der Waals surface area contributed by atoms with Gasteiger partial charge in [0, 0.05) is 167 Å². The summed E-state index contributed by atoms with van der Waals surface area (Å²) in [5.41, 5.74) is 17.5. The van der Waals surface area contributed by atoms with Crippen LogP contribution in [0, 0.1) is 83.1 Å². The number of H-pyrrole nitrogens is 3. The number of fused-ring (bicyclic) bond motifs is 8. The fourth-order valence-electron chi connectivity index (χ4n) is 10.9. The lowest BCUT2D eigenvalue weighted by Gasteiger charge is -1.96. The van der Waals surface area contributed by atoms with E-state index in [0.29, 0.717) is 5.65 Å². The number of oxazole rings is 1. The second-order valence-corrected chi connectivity index (χ2v) is 30.3. The van der Waals surface area contributed by atoms with E-state index in [-0.39, 0.29) is 0 Å². The molecule has 5 aromatic carbocycles. The molecule has 0 unspecified atom stereocenters. The van der Waals surface area contributed by atoms with Crippen LogP contribution in [0.15, 0.2) is 392 Å². The fraction of sp³-hybridized carbons (Fsp3) is 0.126. The fourth-order valence-corrected chi connectivity index (χ4v) is 11.6. The van der Waals surface area contributed by atoms with E-state index in [1.165, 1.54) is 59.9 Å². The molecule has 0 aliphatic rings. The van der Waals surface area contributed by atoms with Gasteiger partial charge in [-0.3, -0.25) is 29.7 Å². The van der Waals surface area contributed by atoms with E-state index in [0.717, 1.165) is 140 Å². The molecule has 39 nitrogen and oxygen atoms in total. The van der Waals surface area contributed by atoms with Gasteiger partial charge in [0.1, 0.15) is 59.0 Å². The Morgan fingerprint density at radius 3 is 1.62 bits per heavy atom. The number of hydrogen-bond donors (Lipinski definition) is 3. The van der Waals surface area contributed by atoms with Crippen LogP contribution in [0.3, 0.4) is 0 Å². The van der Waals surface area contributed by atoms with Gasteiger partial charge in [-0.1, -0.05) is 106 Å². The molecule has 726 valence electrons. The van der Waals surface area contributed by atoms with Gasteiger partial charge in [-0.15, -0.1) is 11.3 Å². The van der Waals surface area contributed by atoms with Crippen molar-refractivity contribution in [1.29, 1.82) is 0 Å². The zero-order chi connectivity index (χ0) is 102. The van der Waals surface area contributed by atoms with Gasteiger partial charge in [0.25, 0.3) is 0 Å². The summed E-state index contributed by atoms with van der Waals surface area (Å²) in [4.78, 5) is 85.9. The van der Waals surface area contributed by atoms with E-state index in [9.17, 15) is 0 Å². The molecule has 41 heteroatoms. The molecule has 3 N–H and O–H groups in total. The van der Waals surface area contributed by atoms with Gasteiger partial charge in [0.2, 0.25) is 0 Å². The molecular formula is C103H104N36O3S2. The molecule has 0 spiro atoms. The van der Waals surface area contributed by atoms with Crippen LogP contribution in [-0.4, -0.2) is 180 Å². The highest BCUT2D eigenvalue weighted by atomic mass is 32.1. The van der Waals surface area contributed by atoms with Crippen LogP contribution in [0.1, 0.15) is 69.0 Å². The normalized spacial score (nSPS) is 9.56. The third-order valence-electron chi connectivity index (χ3n) is 17.5. The number of hydrogen-bond acceptors (Lipinski definition) is 37. The number of nitrogens with one attached hydrogen (secondary N) is 3. The number of aromatic nitrogens is 36. The van der Waals surface area contributed by atoms with Gasteiger partial charge >= 0.3 is 0 Å². The topological polar surface area (TPSA) is 504 Å². The van der Waals surface area contributed by atoms with Crippen LogP contribution in [-0.2, 0) is 7.05 Å². The molecule has 0 aliphatic carbocycles. The number of pyridine rings is 2. The first-order valence-electron chi connectivity index (χ1n) is 43.9. The molecule has 26 rings (SSSR count). The first kappa shape index (κ1) is 109. The summed E-state index contributed by atoms with van der Waals surface area (Å²) in [5, 5.41) is 54.6. The SMILES string of the molecule is Cc1[nH]nc2ccccc12.Cc1cc2ccccc2nn1.Cc1ccc2cccnc2n1.Cc1cccnn1.Cc1cnc2ccccc2n1.Cc1cnccn1.Cc1nc2ncncc2[nH]1.Cc1ncc2ccccc2n1.Cc1ncc2nccnc2n1.Cc1ncc[nH]1.Cc1ncccn1.Cc1nncc2ccccc12.Cn1cccn1.c1cnoc1.c1cnon1.c1cnsc1.c1cocn1.c1cscn1. The van der Waals surface area contributed by atoms with Crippen molar-refractivity contribution in [2.45, 2.75) is 83.1 Å². The Morgan fingerprint density at radius 1 is 0.347 bits per heavy atom. The van der Waals surface area contributed by atoms with Crippen molar-refractivity contribution in [3.63, 3.8) is 0 Å². The molecule has 144 heavy (non-hydrogen) atoms. The van der Waals surface area contributed by atoms with Crippen molar-refractivity contribution in [2.75, 3.05) is 0 Å². The Labute approximate surface area is 836 Å². The molecule has 0 radical (unpaired) electrons. The maximum atomic E-state index is 4.47. The van der Waals surface area contributed by atoms with E-state index in [1.54, 1.807) is 158 Å². The summed E-state index contributed by atoms with van der Waals surface area (Å²) in [5.74, 6) is 4.20. The average molecular weight is 1960 g/mol. The van der Waals surface area contributed by atoms with Crippen molar-refractivity contribution >= 4 is 111 Å². The lowest BCUT2D eigenvalue weighted by molar-refractivity contribution is 0.307. The molecular weight excluding hydrogens is 1850 g/mol. The smallest absolute Gasteiger partial charge is 0.181 e. The van der Waals surface area contributed by atoms with Crippen molar-refractivity contribution < 1.29 is 13.6 Å². The van der Waals surface area contributed by atoms with Crippen LogP contribution in [0.5, 0.6) is 0 Å². The molecule has 0 atom stereocenters. The standard InChI is InChI=1S/5C9H8N2.C8H8N2.C7H6N4.C6H6N4.3C5H6N2.2C4H6N2.2C3H3NO.2C3H3NS.C2H2N2O/c1-7-4-5-8-3-2-6-10-9(8)11-7;1-7-10-6-8-4-2-3-5-9(8)11-7;1-7-9-5-3-2-4-8(9)6-10-11-7;1-7-6-10-8-4-2-3-5-9(8)11-7;1-7-6-8-4-2-3-5-9(8)11-10-7;1-6-7-4-2-3-5-8(7)10-9-6;1-5-10-4-6-7(11-5)9-3-2-8-6;1-4-9-5-2-7-3-8-6(5)10-4;1-5-4-6-2-3-7-5;1-5-6-3-2-4-7-5;1-5-3-2-4-6-7-5;1-6-4-2-3-5-6;1-4-5-2-3-6-4;1-2-5-3-4-1;1-2-4-5-3-1;1-2-5-3-4-1;2*1-2-4-5-3-1/h5*2-6H,1H3;2-5H,1H3,(H,9,10);2-4H,1H3;2-3H,1H3,(H,7,8,9,10);3*2-4H,1H3;2-4H,1H3;2-3H,1H3,(H,5,6);4*1-3H;1-2H. The molecule has 21 heterocycles. The third kappa shape index (κ3) is 44.0. The number of aromatic amines is 3. The predicted octanol–water partition coefficient (Wildman–Crippen LogP) is 20.2. The van der Waals surface area contributed by atoms with E-state index in [1.807, 2.05) is 277 Å². The summed E-state index contributed by atoms with van der Waals surface area (Å²) in [6.45, 7) is 23.1. The van der Waals surface area contributed by atoms with Crippen molar-refractivity contribution in [3.8, 4) is 0 Å². The summed E-state index contributed by atoms with van der Waals surface area (Å²) in [6, 6.07) is 61.0. The first-order chi connectivity index (χ1) is 70.4. The molecule has 0 aliphatic heterocycles. The number of imidazole rings is 2. The molecule has 26 aromatic rings. The highest BCUT2D eigenvalue weighted by Crippen LogP contribution is 2.17. The second-order valence-electron chi connectivity index (χ2n) is 28.9. The Bertz CT molecular complexity index is 6860. The minimum absolute atomic E-state index is 0.653. The highest BCUT2D eigenvalue weighted by Gasteiger charge is 2.02. The number of thiazole rings is 1. The molecule has 0 fully saturated rings. The highest BCUT2D eigenvalue weighted by molar-refractivity contribution is 7.07. The average Bonchev–Trinajstić information content (AvgIpc) is 1.68. The molecule has 0 saturated heterocycles. The van der Waals surface area contributed by atoms with Crippen LogP contribution in [0.2, 0.25) is 0 Å². The molecule has 21 aromatic heterocycles. The van der Waals surface area contributed by atoms with Gasteiger partial charge in [0.15, 0.2) is 23.3 Å². The first-order valence-corrected chi connectivity index (χ1v) is 45.7. The summed E-state index contributed by atoms with van der Waals surface area (Å²) in [6.07, 6.45) is 46.7. The summed E-state index contributed by atoms with van der Waals surface area (Å²) >= 11 is 3.06. The second kappa shape index (κ2) is 64.9. The van der Waals surface area contributed by atoms with Crippen molar-refractivity contribution in [3.05, 3.63) is 447 Å². The number of aryl methyl sites for hydroxylation is 13. The summed E-state index contributed by atoms with van der Waals surface area (Å²) in [7, 11) is 1.89. The quantitative estimate of drug-likeness (QED) is 0.127. The number of nitrogens with zero attached hydrogens (tertiary/aromatic N) is 33. The zero-order valence-corrected chi connectivity index (χ0v) is 82.7. The maximum Gasteiger partial charge on any atom is 0.181 e. The van der Waals surface area contributed by atoms with Gasteiger partial charge in [-0.2, -0.15) is 40.8 Å². The predicted molar refractivity (Wildman–Crippen MR) is 557 cm³/mol. The maximum absolute atomic E-state index is 4.47. The van der Waals surface area contributed by atoms with Crippen molar-refractivity contribution in [2.24, 2.45) is 7.05 Å². The number of para-hydroxylation sites is 4. The Kier molecular flexibility index (Phi) is 48.9. The lowest BCUT2D eigenvalue weighted by Crippen LogP contribution is -1.91. The third-order valence-corrected chi connectivity index (χ3v) is 18.5. The molecule has 0 saturated carbocycles. The number of rotatable bonds is 0. The van der Waals surface area contributed by atoms with Crippen LogP contribution in [0.4, 0.5) is 0 Å². The van der Waals surface area contributed by atoms with Crippen molar-refractivity contribution in [1.82, 2.24) is 180 Å². The van der Waals surface area contributed by atoms with Gasteiger partial charge in [-0.25, -0.2) is 88.7 Å². The number of benzene rings is 5. The Balaban J connectivity index is 0.000000171. The molecule has 0 bridgehead atoms. The van der Waals surface area contributed by atoms with E-state index in [4.69, 9.17) is 0 Å². The minimum Gasteiger partial charge on any atom is -0.452 e. The van der Waals surface area contributed by atoms with Crippen LogP contribution < -0.4 is 0 Å². The van der Waals surface area contributed by atoms with Crippen LogP contribution in [0.25, 0.3) is 87.9 Å². The van der Waals surface area contributed by atoms with E-state index < -0.39 is 0 Å². The minimum atomic E-state index is 0.653. The zero-order valence-electron chi connectivity index (χ0n) is 81.1. The van der Waals surface area contributed by atoms with E-state index in [2.05, 4.69) is 201 Å². The monoisotopic (exact) mass is 1960 g/mol. The van der Waals surface area contributed by atoms with Gasteiger partial charge in [0.05, 0.1) is 105 Å². The van der Waals surface area contributed by atoms with Gasteiger partial charge < -0.3 is 18.9 Å². The Morgan fingerprint density at radius 2 is 1.06 bits per heavy atom. The summed E-state index contributed by atoms with van der Waals surface area (Å²) < 4.78 is 18.4. The lowest BCUT2D eigenvalue weighted by atomic mass is 10.1. The largest absolute Gasteiger partial charge is 0.452 e. The van der Waals surface area contributed by atoms with Crippen LogP contribution >= 0.6 is 22.9 Å². The molecule has 0 amide bonds.